The molecule has 0 radical (unpaired) electrons. The second-order valence-electron chi connectivity index (χ2n) is 6.33. The molecule has 0 aliphatic carbocycles. The number of hydrogen-bond donors (Lipinski definition) is 2. The number of nitrogens with zero attached hydrogens (tertiary/aromatic N) is 1. The van der Waals surface area contributed by atoms with Crippen molar-refractivity contribution in [2.45, 2.75) is 39.8 Å². The van der Waals surface area contributed by atoms with Gasteiger partial charge < -0.3 is 11.1 Å². The number of nitrogens with two attached hydrogens (primary N) is 1. The molecule has 0 spiro atoms. The molecule has 0 aliphatic heterocycles. The van der Waals surface area contributed by atoms with Crippen LogP contribution in [0.4, 0.5) is 5.69 Å². The summed E-state index contributed by atoms with van der Waals surface area (Å²) in [4.78, 5) is 14.8. The van der Waals surface area contributed by atoms with Gasteiger partial charge in [-0.25, -0.2) is 0 Å². The van der Waals surface area contributed by atoms with E-state index in [0.717, 1.165) is 43.7 Å². The van der Waals surface area contributed by atoms with E-state index in [2.05, 4.69) is 24.1 Å². The van der Waals surface area contributed by atoms with Gasteiger partial charge in [-0.2, -0.15) is 0 Å². The number of hydrogen-bond acceptors (Lipinski definition) is 3. The Balaban J connectivity index is 1.96. The van der Waals surface area contributed by atoms with E-state index < -0.39 is 0 Å². The van der Waals surface area contributed by atoms with Gasteiger partial charge in [0.1, 0.15) is 0 Å². The highest BCUT2D eigenvalue weighted by molar-refractivity contribution is 6.04. The van der Waals surface area contributed by atoms with Crippen LogP contribution in [0.2, 0.25) is 0 Å². The van der Waals surface area contributed by atoms with E-state index in [9.17, 15) is 4.79 Å². The van der Waals surface area contributed by atoms with Crippen LogP contribution in [0.25, 0.3) is 0 Å². The number of amides is 1. The van der Waals surface area contributed by atoms with E-state index in [0.29, 0.717) is 12.1 Å². The van der Waals surface area contributed by atoms with E-state index in [1.165, 1.54) is 5.56 Å². The first kappa shape index (κ1) is 19.2. The van der Waals surface area contributed by atoms with Gasteiger partial charge in [-0.15, -0.1) is 0 Å². The lowest BCUT2D eigenvalue weighted by Crippen LogP contribution is -2.24. The third kappa shape index (κ3) is 6.00. The highest BCUT2D eigenvalue weighted by Gasteiger charge is 2.08. The molecular weight excluding hydrogens is 310 g/mol. The highest BCUT2D eigenvalue weighted by Crippen LogP contribution is 2.13. The van der Waals surface area contributed by atoms with Gasteiger partial charge in [0.05, 0.1) is 0 Å². The average Bonchev–Trinajstić information content (AvgIpc) is 2.63. The summed E-state index contributed by atoms with van der Waals surface area (Å²) >= 11 is 0. The van der Waals surface area contributed by atoms with E-state index in [4.69, 9.17) is 5.73 Å². The summed E-state index contributed by atoms with van der Waals surface area (Å²) in [7, 11) is 0. The number of nitrogens with one attached hydrogen (secondary N) is 1. The normalized spacial score (nSPS) is 10.9. The van der Waals surface area contributed by atoms with Crippen molar-refractivity contribution in [3.8, 4) is 0 Å². The fourth-order valence-electron chi connectivity index (χ4n) is 2.85. The van der Waals surface area contributed by atoms with Crippen molar-refractivity contribution in [2.24, 2.45) is 5.73 Å². The summed E-state index contributed by atoms with van der Waals surface area (Å²) < 4.78 is 0. The molecule has 0 atom stereocenters. The van der Waals surface area contributed by atoms with E-state index >= 15 is 0 Å². The molecule has 0 aromatic heterocycles. The van der Waals surface area contributed by atoms with Crippen LogP contribution >= 0.6 is 0 Å². The van der Waals surface area contributed by atoms with Gasteiger partial charge in [-0.05, 0) is 61.3 Å². The quantitative estimate of drug-likeness (QED) is 0.725. The minimum Gasteiger partial charge on any atom is -0.326 e. The van der Waals surface area contributed by atoms with Gasteiger partial charge in [-0.1, -0.05) is 38.1 Å². The molecule has 4 nitrogen and oxygen atoms in total. The number of benzene rings is 2. The summed E-state index contributed by atoms with van der Waals surface area (Å²) in [6, 6.07) is 15.5. The molecule has 134 valence electrons. The minimum atomic E-state index is -0.0916. The third-order valence-corrected chi connectivity index (χ3v) is 4.15. The van der Waals surface area contributed by atoms with Crippen molar-refractivity contribution in [2.75, 3.05) is 18.4 Å². The third-order valence-electron chi connectivity index (χ3n) is 4.15. The Morgan fingerprint density at radius 1 is 0.920 bits per heavy atom. The Morgan fingerprint density at radius 3 is 2.00 bits per heavy atom. The second-order valence-corrected chi connectivity index (χ2v) is 6.33. The molecule has 0 saturated heterocycles. The monoisotopic (exact) mass is 339 g/mol. The predicted molar refractivity (Wildman–Crippen MR) is 105 cm³/mol. The van der Waals surface area contributed by atoms with Crippen molar-refractivity contribution in [3.63, 3.8) is 0 Å². The summed E-state index contributed by atoms with van der Waals surface area (Å²) in [5.74, 6) is -0.0916. The molecule has 1 amide bonds. The molecule has 2 aromatic rings. The van der Waals surface area contributed by atoms with Crippen LogP contribution in [-0.4, -0.2) is 23.9 Å². The molecule has 0 unspecified atom stereocenters. The molecule has 3 N–H and O–H groups in total. The van der Waals surface area contributed by atoms with Gasteiger partial charge in [0.15, 0.2) is 0 Å². The van der Waals surface area contributed by atoms with Crippen LogP contribution in [0.5, 0.6) is 0 Å². The van der Waals surface area contributed by atoms with Gasteiger partial charge in [-0.3, -0.25) is 9.69 Å². The summed E-state index contributed by atoms with van der Waals surface area (Å²) in [6.07, 6.45) is 2.31. The van der Waals surface area contributed by atoms with Crippen LogP contribution in [0.3, 0.4) is 0 Å². The van der Waals surface area contributed by atoms with Crippen molar-refractivity contribution in [1.82, 2.24) is 4.90 Å². The fourth-order valence-corrected chi connectivity index (χ4v) is 2.85. The predicted octanol–water partition coefficient (Wildman–Crippen LogP) is 4.02. The zero-order chi connectivity index (χ0) is 18.1. The lowest BCUT2D eigenvalue weighted by Gasteiger charge is -2.21. The van der Waals surface area contributed by atoms with Crippen LogP contribution in [-0.2, 0) is 13.1 Å². The van der Waals surface area contributed by atoms with Gasteiger partial charge in [0, 0.05) is 24.3 Å². The Bertz CT molecular complexity index is 644. The Hall–Kier alpha value is -2.17. The first-order chi connectivity index (χ1) is 12.2. The maximum Gasteiger partial charge on any atom is 0.255 e. The van der Waals surface area contributed by atoms with Crippen LogP contribution < -0.4 is 11.1 Å². The molecule has 0 heterocycles. The second kappa shape index (κ2) is 9.97. The maximum atomic E-state index is 12.4. The summed E-state index contributed by atoms with van der Waals surface area (Å²) in [6.45, 7) is 8.06. The van der Waals surface area contributed by atoms with Crippen molar-refractivity contribution < 1.29 is 4.79 Å². The van der Waals surface area contributed by atoms with Crippen LogP contribution in [0, 0.1) is 0 Å². The molecule has 25 heavy (non-hydrogen) atoms. The van der Waals surface area contributed by atoms with Crippen molar-refractivity contribution in [3.05, 3.63) is 65.2 Å². The molecule has 2 rings (SSSR count). The molecule has 0 saturated carbocycles. The Morgan fingerprint density at radius 2 is 1.48 bits per heavy atom. The largest absolute Gasteiger partial charge is 0.326 e. The molecule has 4 heteroatoms. The molecular formula is C21H29N3O. The lowest BCUT2D eigenvalue weighted by molar-refractivity contribution is 0.102. The van der Waals surface area contributed by atoms with E-state index in [-0.39, 0.29) is 5.91 Å². The smallest absolute Gasteiger partial charge is 0.255 e. The average molecular weight is 339 g/mol. The molecule has 0 fully saturated rings. The van der Waals surface area contributed by atoms with Crippen molar-refractivity contribution >= 4 is 11.6 Å². The highest BCUT2D eigenvalue weighted by atomic mass is 16.1. The molecule has 0 aliphatic rings. The van der Waals surface area contributed by atoms with Crippen LogP contribution in [0.1, 0.15) is 48.2 Å². The first-order valence-corrected chi connectivity index (χ1v) is 9.08. The van der Waals surface area contributed by atoms with E-state index in [1.807, 2.05) is 48.5 Å². The van der Waals surface area contributed by atoms with E-state index in [1.54, 1.807) is 0 Å². The van der Waals surface area contributed by atoms with Gasteiger partial charge >= 0.3 is 0 Å². The number of anilines is 1. The standard InChI is InChI=1S/C21H29N3O/c1-3-13-24(14-4-2)16-18-5-9-19(10-6-18)21(25)23-20-11-7-17(15-22)8-12-20/h5-12H,3-4,13-16,22H2,1-2H3,(H,23,25). The SMILES string of the molecule is CCCN(CCC)Cc1ccc(C(=O)Nc2ccc(CN)cc2)cc1. The fraction of sp³-hybridized carbons (Fsp3) is 0.381. The topological polar surface area (TPSA) is 58.4 Å². The van der Waals surface area contributed by atoms with Crippen molar-refractivity contribution in [1.29, 1.82) is 0 Å². The number of rotatable bonds is 9. The zero-order valence-corrected chi connectivity index (χ0v) is 15.3. The molecule has 0 bridgehead atoms. The lowest BCUT2D eigenvalue weighted by atomic mass is 10.1. The minimum absolute atomic E-state index is 0.0916. The first-order valence-electron chi connectivity index (χ1n) is 9.08. The summed E-state index contributed by atoms with van der Waals surface area (Å²) in [5, 5.41) is 2.92. The number of carbonyl (C=O) groups is 1. The zero-order valence-electron chi connectivity index (χ0n) is 15.3. The van der Waals surface area contributed by atoms with Gasteiger partial charge in [0.2, 0.25) is 0 Å². The number of carbonyl (C=O) groups excluding carboxylic acids is 1. The van der Waals surface area contributed by atoms with Crippen LogP contribution in [0.15, 0.2) is 48.5 Å². The Labute approximate surface area is 151 Å². The maximum absolute atomic E-state index is 12.4. The van der Waals surface area contributed by atoms with Gasteiger partial charge in [0.25, 0.3) is 5.91 Å². The molecule has 2 aromatic carbocycles. The summed E-state index contributed by atoms with van der Waals surface area (Å²) in [5.41, 5.74) is 9.33. The Kier molecular flexibility index (Phi) is 7.64.